The van der Waals surface area contributed by atoms with Crippen LogP contribution in [0.15, 0.2) is 60.7 Å². The summed E-state index contributed by atoms with van der Waals surface area (Å²) in [5.41, 5.74) is 7.03. The summed E-state index contributed by atoms with van der Waals surface area (Å²) in [7, 11) is -1.43. The Bertz CT molecular complexity index is 571. The molecule has 0 fully saturated rings. The SMILES string of the molecule is CC(c1ccccc1)(c1ccccc1)[S@@](=O)CC(N)=O. The Morgan fingerprint density at radius 3 is 1.75 bits per heavy atom. The van der Waals surface area contributed by atoms with Crippen LogP contribution in [-0.4, -0.2) is 15.9 Å². The van der Waals surface area contributed by atoms with Crippen LogP contribution in [0, 0.1) is 0 Å². The van der Waals surface area contributed by atoms with Crippen LogP contribution < -0.4 is 5.73 Å². The van der Waals surface area contributed by atoms with Gasteiger partial charge in [0.1, 0.15) is 5.75 Å². The zero-order valence-corrected chi connectivity index (χ0v) is 12.1. The molecule has 0 aliphatic carbocycles. The van der Waals surface area contributed by atoms with Gasteiger partial charge in [0, 0.05) is 10.8 Å². The predicted octanol–water partition coefficient (Wildman–Crippen LogP) is 2.18. The zero-order chi connectivity index (χ0) is 14.6. The van der Waals surface area contributed by atoms with E-state index in [4.69, 9.17) is 5.73 Å². The molecule has 0 heterocycles. The van der Waals surface area contributed by atoms with E-state index in [9.17, 15) is 9.00 Å². The Labute approximate surface area is 121 Å². The molecule has 104 valence electrons. The van der Waals surface area contributed by atoms with E-state index in [-0.39, 0.29) is 5.75 Å². The van der Waals surface area contributed by atoms with Crippen molar-refractivity contribution in [1.29, 1.82) is 0 Å². The van der Waals surface area contributed by atoms with Gasteiger partial charge in [0.05, 0.1) is 4.75 Å². The average Bonchev–Trinajstić information content (AvgIpc) is 2.47. The number of benzene rings is 2. The fourth-order valence-electron chi connectivity index (χ4n) is 2.22. The molecule has 4 heteroatoms. The molecule has 0 saturated heterocycles. The van der Waals surface area contributed by atoms with Crippen molar-refractivity contribution in [3.05, 3.63) is 71.8 Å². The lowest BCUT2D eigenvalue weighted by atomic mass is 9.92. The quantitative estimate of drug-likeness (QED) is 0.916. The Hall–Kier alpha value is -1.94. The number of primary amides is 1. The highest BCUT2D eigenvalue weighted by Crippen LogP contribution is 2.35. The summed E-state index contributed by atoms with van der Waals surface area (Å²) < 4.78 is 11.9. The van der Waals surface area contributed by atoms with E-state index < -0.39 is 21.5 Å². The van der Waals surface area contributed by atoms with Gasteiger partial charge in [-0.3, -0.25) is 9.00 Å². The minimum atomic E-state index is -1.43. The first-order valence-corrected chi connectivity index (χ1v) is 7.65. The summed E-state index contributed by atoms with van der Waals surface area (Å²) in [6, 6.07) is 19.1. The number of carbonyl (C=O) groups is 1. The molecule has 2 aromatic carbocycles. The highest BCUT2D eigenvalue weighted by molar-refractivity contribution is 7.87. The molecule has 20 heavy (non-hydrogen) atoms. The molecule has 2 rings (SSSR count). The van der Waals surface area contributed by atoms with E-state index >= 15 is 0 Å². The largest absolute Gasteiger partial charge is 0.369 e. The van der Waals surface area contributed by atoms with Gasteiger partial charge < -0.3 is 5.73 Å². The third-order valence-electron chi connectivity index (χ3n) is 3.38. The fourth-order valence-corrected chi connectivity index (χ4v) is 3.56. The second kappa shape index (κ2) is 6.01. The standard InChI is InChI=1S/C16H17NO2S/c1-16(20(19)12-15(17)18,13-8-4-2-5-9-13)14-10-6-3-7-11-14/h2-11H,12H2,1H3,(H2,17,18)/t20-/m0/s1. The van der Waals surface area contributed by atoms with Crippen LogP contribution in [0.2, 0.25) is 0 Å². The summed E-state index contributed by atoms with van der Waals surface area (Å²) in [6.07, 6.45) is 0. The predicted molar refractivity (Wildman–Crippen MR) is 81.5 cm³/mol. The van der Waals surface area contributed by atoms with Crippen molar-refractivity contribution in [2.45, 2.75) is 11.7 Å². The maximum absolute atomic E-state index is 12.7. The van der Waals surface area contributed by atoms with Crippen molar-refractivity contribution >= 4 is 16.7 Å². The average molecular weight is 287 g/mol. The molecule has 0 saturated carbocycles. The van der Waals surface area contributed by atoms with Gasteiger partial charge in [-0.25, -0.2) is 0 Å². The summed E-state index contributed by atoms with van der Waals surface area (Å²) in [5, 5.41) is 0. The van der Waals surface area contributed by atoms with E-state index in [2.05, 4.69) is 0 Å². The molecule has 1 amide bonds. The Balaban J connectivity index is 2.55. The molecule has 2 aromatic rings. The summed E-state index contributed by atoms with van der Waals surface area (Å²) in [5.74, 6) is -0.707. The van der Waals surface area contributed by atoms with Crippen molar-refractivity contribution < 1.29 is 9.00 Å². The highest BCUT2D eigenvalue weighted by atomic mass is 32.2. The fraction of sp³-hybridized carbons (Fsp3) is 0.188. The Morgan fingerprint density at radius 1 is 1.00 bits per heavy atom. The first-order valence-electron chi connectivity index (χ1n) is 6.33. The lowest BCUT2D eigenvalue weighted by Crippen LogP contribution is -2.35. The first kappa shape index (κ1) is 14.5. The smallest absolute Gasteiger partial charge is 0.230 e. The molecule has 0 spiro atoms. The first-order chi connectivity index (χ1) is 9.55. The van der Waals surface area contributed by atoms with Crippen molar-refractivity contribution in [3.8, 4) is 0 Å². The van der Waals surface area contributed by atoms with E-state index in [0.717, 1.165) is 11.1 Å². The van der Waals surface area contributed by atoms with Gasteiger partial charge >= 0.3 is 0 Å². The lowest BCUT2D eigenvalue weighted by Gasteiger charge is -2.29. The Kier molecular flexibility index (Phi) is 4.35. The third kappa shape index (κ3) is 2.80. The summed E-state index contributed by atoms with van der Waals surface area (Å²) in [6.45, 7) is 1.89. The van der Waals surface area contributed by atoms with Crippen molar-refractivity contribution in [1.82, 2.24) is 0 Å². The number of carbonyl (C=O) groups excluding carboxylic acids is 1. The topological polar surface area (TPSA) is 60.2 Å². The highest BCUT2D eigenvalue weighted by Gasteiger charge is 2.36. The normalized spacial score (nSPS) is 12.8. The van der Waals surface area contributed by atoms with Crippen molar-refractivity contribution in [2.24, 2.45) is 5.73 Å². The minimum Gasteiger partial charge on any atom is -0.369 e. The van der Waals surface area contributed by atoms with Crippen LogP contribution >= 0.6 is 0 Å². The molecule has 0 unspecified atom stereocenters. The van der Waals surface area contributed by atoms with Crippen LogP contribution in [0.1, 0.15) is 18.1 Å². The number of amides is 1. The number of nitrogens with two attached hydrogens (primary N) is 1. The van der Waals surface area contributed by atoms with Gasteiger partial charge in [0.2, 0.25) is 5.91 Å². The molecule has 0 aliphatic rings. The molecule has 0 radical (unpaired) electrons. The second-order valence-corrected chi connectivity index (χ2v) is 6.52. The molecule has 0 aliphatic heterocycles. The lowest BCUT2D eigenvalue weighted by molar-refractivity contribution is -0.115. The second-order valence-electron chi connectivity index (χ2n) is 4.72. The van der Waals surface area contributed by atoms with Gasteiger partial charge in [-0.05, 0) is 18.1 Å². The van der Waals surface area contributed by atoms with Crippen molar-refractivity contribution in [3.63, 3.8) is 0 Å². The maximum atomic E-state index is 12.7. The van der Waals surface area contributed by atoms with Crippen molar-refractivity contribution in [2.75, 3.05) is 5.75 Å². The molecule has 0 aromatic heterocycles. The van der Waals surface area contributed by atoms with Crippen LogP contribution in [0.3, 0.4) is 0 Å². The van der Waals surface area contributed by atoms with Crippen LogP contribution in [0.25, 0.3) is 0 Å². The number of hydrogen-bond donors (Lipinski definition) is 1. The number of rotatable bonds is 5. The van der Waals surface area contributed by atoms with Crippen LogP contribution in [0.4, 0.5) is 0 Å². The molecule has 3 nitrogen and oxygen atoms in total. The number of hydrogen-bond acceptors (Lipinski definition) is 2. The zero-order valence-electron chi connectivity index (χ0n) is 11.3. The van der Waals surface area contributed by atoms with Crippen LogP contribution in [0.5, 0.6) is 0 Å². The summed E-state index contributed by atoms with van der Waals surface area (Å²) in [4.78, 5) is 11.1. The maximum Gasteiger partial charge on any atom is 0.230 e. The molecular weight excluding hydrogens is 270 g/mol. The van der Waals surface area contributed by atoms with Crippen LogP contribution in [-0.2, 0) is 20.3 Å². The molecular formula is C16H17NO2S. The Morgan fingerprint density at radius 2 is 1.40 bits per heavy atom. The van der Waals surface area contributed by atoms with Gasteiger partial charge in [0.25, 0.3) is 0 Å². The van der Waals surface area contributed by atoms with E-state index in [1.165, 1.54) is 0 Å². The van der Waals surface area contributed by atoms with Gasteiger partial charge in [-0.15, -0.1) is 0 Å². The van der Waals surface area contributed by atoms with Gasteiger partial charge in [0.15, 0.2) is 0 Å². The van der Waals surface area contributed by atoms with Gasteiger partial charge in [-0.1, -0.05) is 60.7 Å². The molecule has 2 N–H and O–H groups in total. The van der Waals surface area contributed by atoms with E-state index in [0.29, 0.717) is 0 Å². The van der Waals surface area contributed by atoms with Gasteiger partial charge in [-0.2, -0.15) is 0 Å². The monoisotopic (exact) mass is 287 g/mol. The molecule has 1 atom stereocenters. The minimum absolute atomic E-state index is 0.152. The van der Waals surface area contributed by atoms with E-state index in [1.54, 1.807) is 0 Å². The molecule has 0 bridgehead atoms. The summed E-state index contributed by atoms with van der Waals surface area (Å²) >= 11 is 0. The third-order valence-corrected chi connectivity index (χ3v) is 5.31. The van der Waals surface area contributed by atoms with E-state index in [1.807, 2.05) is 67.6 Å².